The van der Waals surface area contributed by atoms with Crippen LogP contribution < -0.4 is 0 Å². The highest BCUT2D eigenvalue weighted by atomic mass is 16.6. The second-order valence-electron chi connectivity index (χ2n) is 7.51. The van der Waals surface area contributed by atoms with Crippen LogP contribution in [0.15, 0.2) is 60.7 Å². The number of cyclic esters (lactones) is 1. The molecule has 0 saturated carbocycles. The minimum absolute atomic E-state index is 0.169. The lowest BCUT2D eigenvalue weighted by Gasteiger charge is -2.30. The topological polar surface area (TPSA) is 55.8 Å². The predicted octanol–water partition coefficient (Wildman–Crippen LogP) is 3.93. The van der Waals surface area contributed by atoms with Crippen molar-refractivity contribution in [2.75, 3.05) is 13.2 Å². The number of amides is 2. The van der Waals surface area contributed by atoms with E-state index in [0.29, 0.717) is 18.9 Å². The predicted molar refractivity (Wildman–Crippen MR) is 105 cm³/mol. The zero-order valence-corrected chi connectivity index (χ0v) is 15.8. The molecule has 0 N–H and O–H groups in total. The lowest BCUT2D eigenvalue weighted by molar-refractivity contribution is -0.133. The van der Waals surface area contributed by atoms with Crippen molar-refractivity contribution in [3.8, 4) is 0 Å². The molecule has 2 heterocycles. The fourth-order valence-corrected chi connectivity index (χ4v) is 4.15. The molecule has 2 aromatic rings. The average Bonchev–Trinajstić information content (AvgIpc) is 3.10. The Labute approximate surface area is 165 Å². The highest BCUT2D eigenvalue weighted by Gasteiger charge is 2.39. The third-order valence-electron chi connectivity index (χ3n) is 5.58. The van der Waals surface area contributed by atoms with E-state index >= 15 is 0 Å². The molecule has 2 amide bonds. The largest absolute Gasteiger partial charge is 0.447 e. The molecular formula is C23H25NO4. The van der Waals surface area contributed by atoms with Crippen LogP contribution in [0.1, 0.15) is 36.3 Å². The molecular weight excluding hydrogens is 354 g/mol. The van der Waals surface area contributed by atoms with Crippen molar-refractivity contribution in [1.29, 1.82) is 0 Å². The minimum atomic E-state index is -0.540. The molecule has 2 fully saturated rings. The molecule has 2 aliphatic heterocycles. The van der Waals surface area contributed by atoms with Gasteiger partial charge in [0.05, 0.1) is 18.6 Å². The first-order valence-electron chi connectivity index (χ1n) is 9.90. The Morgan fingerprint density at radius 3 is 2.50 bits per heavy atom. The van der Waals surface area contributed by atoms with Gasteiger partial charge in [-0.2, -0.15) is 0 Å². The monoisotopic (exact) mass is 379 g/mol. The normalized spacial score (nSPS) is 24.8. The Balaban J connectivity index is 1.39. The van der Waals surface area contributed by atoms with Crippen LogP contribution in [0.5, 0.6) is 0 Å². The zero-order valence-electron chi connectivity index (χ0n) is 15.8. The van der Waals surface area contributed by atoms with Crippen LogP contribution in [0.4, 0.5) is 4.79 Å². The molecule has 4 rings (SSSR count). The highest BCUT2D eigenvalue weighted by Crippen LogP contribution is 2.32. The first-order chi connectivity index (χ1) is 13.7. The van der Waals surface area contributed by atoms with Gasteiger partial charge in [0.1, 0.15) is 6.61 Å². The number of imide groups is 1. The molecule has 3 atom stereocenters. The fraction of sp³-hybridized carbons (Fsp3) is 0.391. The van der Waals surface area contributed by atoms with Crippen LogP contribution in [-0.2, 0) is 20.7 Å². The zero-order chi connectivity index (χ0) is 19.3. The van der Waals surface area contributed by atoms with Gasteiger partial charge in [-0.3, -0.25) is 4.79 Å². The summed E-state index contributed by atoms with van der Waals surface area (Å²) in [6, 6.07) is 20.0. The van der Waals surface area contributed by atoms with Crippen molar-refractivity contribution in [2.45, 2.75) is 43.7 Å². The summed E-state index contributed by atoms with van der Waals surface area (Å²) >= 11 is 0. The third-order valence-corrected chi connectivity index (χ3v) is 5.58. The van der Waals surface area contributed by atoms with Gasteiger partial charge in [0.15, 0.2) is 0 Å². The van der Waals surface area contributed by atoms with E-state index in [2.05, 4.69) is 12.1 Å². The van der Waals surface area contributed by atoms with Gasteiger partial charge in [-0.25, -0.2) is 9.69 Å². The van der Waals surface area contributed by atoms with Crippen molar-refractivity contribution >= 4 is 12.0 Å². The van der Waals surface area contributed by atoms with E-state index in [1.165, 1.54) is 10.5 Å². The SMILES string of the molecule is O=C(C[C@H]1C[C@H](c2ccccc2)CCO1)N1C(=O)OC[C@@H]1Cc1ccccc1. The van der Waals surface area contributed by atoms with E-state index in [0.717, 1.165) is 18.4 Å². The molecule has 0 aromatic heterocycles. The summed E-state index contributed by atoms with van der Waals surface area (Å²) < 4.78 is 11.0. The van der Waals surface area contributed by atoms with E-state index in [4.69, 9.17) is 9.47 Å². The van der Waals surface area contributed by atoms with E-state index in [1.807, 2.05) is 48.5 Å². The smallest absolute Gasteiger partial charge is 0.416 e. The Morgan fingerprint density at radius 1 is 1.04 bits per heavy atom. The van der Waals surface area contributed by atoms with Crippen LogP contribution in [0.25, 0.3) is 0 Å². The molecule has 0 spiro atoms. The number of benzene rings is 2. The molecule has 0 radical (unpaired) electrons. The number of nitrogens with zero attached hydrogens (tertiary/aromatic N) is 1. The summed E-state index contributed by atoms with van der Waals surface area (Å²) in [5, 5.41) is 0. The van der Waals surface area contributed by atoms with Crippen molar-refractivity contribution in [3.63, 3.8) is 0 Å². The molecule has 2 aromatic carbocycles. The van der Waals surface area contributed by atoms with Gasteiger partial charge in [-0.05, 0) is 36.3 Å². The molecule has 0 aliphatic carbocycles. The van der Waals surface area contributed by atoms with Crippen LogP contribution in [0, 0.1) is 0 Å². The van der Waals surface area contributed by atoms with Gasteiger partial charge in [0.2, 0.25) is 5.91 Å². The standard InChI is InChI=1S/C23H25NO4/c25-22(15-21-14-19(11-12-27-21)18-9-5-2-6-10-18)24-20(16-28-23(24)26)13-17-7-3-1-4-8-17/h1-10,19-21H,11-16H2/t19-,20+,21-/m1/s1. The van der Waals surface area contributed by atoms with E-state index < -0.39 is 6.09 Å². The molecule has 146 valence electrons. The van der Waals surface area contributed by atoms with Crippen molar-refractivity contribution in [2.24, 2.45) is 0 Å². The third kappa shape index (κ3) is 4.25. The summed E-state index contributed by atoms with van der Waals surface area (Å²) in [7, 11) is 0. The maximum atomic E-state index is 12.9. The summed E-state index contributed by atoms with van der Waals surface area (Å²) in [4.78, 5) is 26.4. The Hall–Kier alpha value is -2.66. The summed E-state index contributed by atoms with van der Waals surface area (Å²) in [6.07, 6.45) is 1.86. The maximum absolute atomic E-state index is 12.9. The van der Waals surface area contributed by atoms with Crippen molar-refractivity contribution in [1.82, 2.24) is 4.90 Å². The maximum Gasteiger partial charge on any atom is 0.416 e. The quantitative estimate of drug-likeness (QED) is 0.790. The highest BCUT2D eigenvalue weighted by molar-refractivity contribution is 5.93. The van der Waals surface area contributed by atoms with E-state index in [1.54, 1.807) is 0 Å². The Kier molecular flexibility index (Phi) is 5.72. The lowest BCUT2D eigenvalue weighted by Crippen LogP contribution is -2.42. The molecule has 2 aliphatic rings. The second-order valence-corrected chi connectivity index (χ2v) is 7.51. The van der Waals surface area contributed by atoms with Gasteiger partial charge in [-0.15, -0.1) is 0 Å². The molecule has 0 bridgehead atoms. The molecule has 5 nitrogen and oxygen atoms in total. The summed E-state index contributed by atoms with van der Waals surface area (Å²) in [6.45, 7) is 0.882. The number of carbonyl (C=O) groups is 2. The van der Waals surface area contributed by atoms with Gasteiger partial charge >= 0.3 is 6.09 Å². The summed E-state index contributed by atoms with van der Waals surface area (Å²) in [5.74, 6) is 0.181. The van der Waals surface area contributed by atoms with E-state index in [-0.39, 0.29) is 31.1 Å². The van der Waals surface area contributed by atoms with Gasteiger partial charge < -0.3 is 9.47 Å². The van der Waals surface area contributed by atoms with Gasteiger partial charge in [-0.1, -0.05) is 60.7 Å². The van der Waals surface area contributed by atoms with Crippen molar-refractivity contribution in [3.05, 3.63) is 71.8 Å². The first-order valence-corrected chi connectivity index (χ1v) is 9.90. The van der Waals surface area contributed by atoms with Gasteiger partial charge in [0, 0.05) is 6.61 Å². The molecule has 28 heavy (non-hydrogen) atoms. The fourth-order valence-electron chi connectivity index (χ4n) is 4.15. The Morgan fingerprint density at radius 2 is 1.75 bits per heavy atom. The number of hydrogen-bond acceptors (Lipinski definition) is 4. The summed E-state index contributed by atoms with van der Waals surface area (Å²) in [5.41, 5.74) is 2.37. The first kappa shape index (κ1) is 18.7. The number of carbonyl (C=O) groups excluding carboxylic acids is 2. The lowest BCUT2D eigenvalue weighted by atomic mass is 9.87. The minimum Gasteiger partial charge on any atom is -0.447 e. The number of ether oxygens (including phenoxy) is 2. The van der Waals surface area contributed by atoms with E-state index in [9.17, 15) is 9.59 Å². The molecule has 0 unspecified atom stereocenters. The van der Waals surface area contributed by atoms with Crippen LogP contribution in [0.3, 0.4) is 0 Å². The Bertz CT molecular complexity index is 808. The van der Waals surface area contributed by atoms with Gasteiger partial charge in [0.25, 0.3) is 0 Å². The van der Waals surface area contributed by atoms with Crippen LogP contribution in [0.2, 0.25) is 0 Å². The molecule has 2 saturated heterocycles. The number of rotatable bonds is 5. The number of hydrogen-bond donors (Lipinski definition) is 0. The van der Waals surface area contributed by atoms with Crippen LogP contribution in [-0.4, -0.2) is 42.3 Å². The second kappa shape index (κ2) is 8.57. The molecule has 5 heteroatoms. The average molecular weight is 379 g/mol. The van der Waals surface area contributed by atoms with Crippen LogP contribution >= 0.6 is 0 Å². The van der Waals surface area contributed by atoms with Crippen molar-refractivity contribution < 1.29 is 19.1 Å².